The highest BCUT2D eigenvalue weighted by Gasteiger charge is 2.38. The fourth-order valence-corrected chi connectivity index (χ4v) is 5.81. The molecule has 6 nitrogen and oxygen atoms in total. The van der Waals surface area contributed by atoms with Crippen LogP contribution in [0, 0.1) is 11.5 Å². The van der Waals surface area contributed by atoms with Crippen molar-refractivity contribution in [3.05, 3.63) is 58.1 Å². The highest BCUT2D eigenvalue weighted by atomic mass is 79.9. The second kappa shape index (κ2) is 9.06. The Bertz CT molecular complexity index is 1100. The van der Waals surface area contributed by atoms with E-state index >= 15 is 0 Å². The largest absolute Gasteiger partial charge is 0.495 e. The van der Waals surface area contributed by atoms with Crippen LogP contribution in [0.4, 0.5) is 13.2 Å². The summed E-state index contributed by atoms with van der Waals surface area (Å²) in [5.41, 5.74) is -0.657. The average molecular weight is 518 g/mol. The van der Waals surface area contributed by atoms with Gasteiger partial charge in [0.1, 0.15) is 10.6 Å². The zero-order chi connectivity index (χ0) is 22.8. The molecule has 0 spiro atoms. The van der Waals surface area contributed by atoms with E-state index in [9.17, 15) is 26.9 Å². The molecule has 31 heavy (non-hydrogen) atoms. The lowest BCUT2D eigenvalue weighted by atomic mass is 10.1. The Morgan fingerprint density at radius 1 is 1.29 bits per heavy atom. The smallest absolute Gasteiger partial charge is 0.416 e. The highest BCUT2D eigenvalue weighted by molar-refractivity contribution is 9.10. The maximum atomic E-state index is 13.6. The topological polar surface area (TPSA) is 73.6 Å². The first-order chi connectivity index (χ1) is 14.6. The van der Waals surface area contributed by atoms with Crippen LogP contribution in [0.1, 0.15) is 17.5 Å². The van der Waals surface area contributed by atoms with Crippen molar-refractivity contribution in [1.82, 2.24) is 9.21 Å². The van der Waals surface area contributed by atoms with E-state index in [1.807, 2.05) is 6.19 Å². The number of sulfonamides is 1. The van der Waals surface area contributed by atoms with Crippen LogP contribution in [0.5, 0.6) is 5.75 Å². The Balaban J connectivity index is 2.06. The van der Waals surface area contributed by atoms with Gasteiger partial charge < -0.3 is 9.64 Å². The number of nitrogens with zero attached hydrogens (tertiary/aromatic N) is 3. The summed E-state index contributed by atoms with van der Waals surface area (Å²) in [6.07, 6.45) is -2.17. The lowest BCUT2D eigenvalue weighted by Crippen LogP contribution is -2.41. The first-order valence-corrected chi connectivity index (χ1v) is 11.5. The predicted molar refractivity (Wildman–Crippen MR) is 110 cm³/mol. The van der Waals surface area contributed by atoms with Gasteiger partial charge in [0.25, 0.3) is 0 Å². The van der Waals surface area contributed by atoms with Crippen LogP contribution in [-0.4, -0.2) is 43.9 Å². The van der Waals surface area contributed by atoms with Crippen LogP contribution >= 0.6 is 15.9 Å². The molecule has 0 radical (unpaired) electrons. The fourth-order valence-electron chi connectivity index (χ4n) is 3.48. The van der Waals surface area contributed by atoms with Gasteiger partial charge in [-0.25, -0.2) is 8.42 Å². The van der Waals surface area contributed by atoms with E-state index in [1.54, 1.807) is 6.07 Å². The number of benzene rings is 2. The van der Waals surface area contributed by atoms with Gasteiger partial charge >= 0.3 is 6.18 Å². The summed E-state index contributed by atoms with van der Waals surface area (Å²) in [7, 11) is -2.83. The van der Waals surface area contributed by atoms with Crippen molar-refractivity contribution < 1.29 is 26.3 Å². The first kappa shape index (κ1) is 23.4. The molecule has 1 heterocycles. The molecule has 1 unspecified atom stereocenters. The van der Waals surface area contributed by atoms with E-state index in [1.165, 1.54) is 36.3 Å². The fraction of sp³-hybridized carbons (Fsp3) is 0.350. The van der Waals surface area contributed by atoms with Gasteiger partial charge in [0.2, 0.25) is 10.0 Å². The van der Waals surface area contributed by atoms with Gasteiger partial charge in [0.15, 0.2) is 6.19 Å². The van der Waals surface area contributed by atoms with Crippen LogP contribution in [0.15, 0.2) is 51.8 Å². The molecule has 0 saturated carbocycles. The second-order valence-corrected chi connectivity index (χ2v) is 9.81. The van der Waals surface area contributed by atoms with Gasteiger partial charge in [-0.3, -0.25) is 0 Å². The number of ether oxygens (including phenoxy) is 1. The van der Waals surface area contributed by atoms with Crippen molar-refractivity contribution in [3.8, 4) is 11.9 Å². The molecule has 1 atom stereocenters. The summed E-state index contributed by atoms with van der Waals surface area (Å²) in [6.45, 7) is 0.252. The number of hydrogen-bond donors (Lipinski definition) is 0. The van der Waals surface area contributed by atoms with Crippen LogP contribution in [0.25, 0.3) is 0 Å². The predicted octanol–water partition coefficient (Wildman–Crippen LogP) is 4.22. The third-order valence-corrected chi connectivity index (χ3v) is 7.43. The molecule has 0 amide bonds. The van der Waals surface area contributed by atoms with Crippen molar-refractivity contribution in [2.24, 2.45) is 0 Å². The molecule has 1 aliphatic heterocycles. The minimum absolute atomic E-state index is 0.105. The van der Waals surface area contributed by atoms with Gasteiger partial charge in [0.05, 0.1) is 12.7 Å². The van der Waals surface area contributed by atoms with Crippen molar-refractivity contribution in [1.29, 1.82) is 5.26 Å². The number of alkyl halides is 3. The number of rotatable bonds is 6. The van der Waals surface area contributed by atoms with E-state index in [2.05, 4.69) is 15.9 Å². The van der Waals surface area contributed by atoms with E-state index in [0.717, 1.165) is 16.4 Å². The van der Waals surface area contributed by atoms with Crippen molar-refractivity contribution in [2.45, 2.75) is 30.1 Å². The molecule has 1 fully saturated rings. The summed E-state index contributed by atoms with van der Waals surface area (Å²) < 4.78 is 73.6. The Morgan fingerprint density at radius 2 is 2.03 bits per heavy atom. The van der Waals surface area contributed by atoms with E-state index in [-0.39, 0.29) is 29.3 Å². The Kier molecular flexibility index (Phi) is 6.83. The zero-order valence-electron chi connectivity index (χ0n) is 16.4. The normalized spacial score (nSPS) is 17.1. The second-order valence-electron chi connectivity index (χ2n) is 7.03. The van der Waals surface area contributed by atoms with Crippen LogP contribution in [0.3, 0.4) is 0 Å². The molecular weight excluding hydrogens is 499 g/mol. The molecule has 2 aromatic carbocycles. The first-order valence-electron chi connectivity index (χ1n) is 9.22. The van der Waals surface area contributed by atoms with Gasteiger partial charge in [-0.05, 0) is 36.2 Å². The summed E-state index contributed by atoms with van der Waals surface area (Å²) >= 11 is 3.25. The van der Waals surface area contributed by atoms with Gasteiger partial charge in [-0.2, -0.15) is 22.7 Å². The lowest BCUT2D eigenvalue weighted by Gasteiger charge is -2.29. The van der Waals surface area contributed by atoms with Crippen LogP contribution in [0.2, 0.25) is 0 Å². The SMILES string of the molecule is COc1ccc(Br)cc1S(=O)(=O)N(Cc1cccc(C(F)(F)F)c1)C1CCN(C#N)C1. The van der Waals surface area contributed by atoms with Gasteiger partial charge in [-0.1, -0.05) is 34.1 Å². The summed E-state index contributed by atoms with van der Waals surface area (Å²) in [4.78, 5) is 1.32. The average Bonchev–Trinajstić information content (AvgIpc) is 3.20. The molecule has 1 saturated heterocycles. The summed E-state index contributed by atoms with van der Waals surface area (Å²) in [5.74, 6) is 0.118. The maximum absolute atomic E-state index is 13.6. The quantitative estimate of drug-likeness (QED) is 0.536. The maximum Gasteiger partial charge on any atom is 0.416 e. The molecule has 2 aromatic rings. The number of likely N-dealkylation sites (tertiary alicyclic amines) is 1. The molecule has 1 aliphatic rings. The molecule has 0 aromatic heterocycles. The molecule has 0 bridgehead atoms. The van der Waals surface area contributed by atoms with Crippen LogP contribution < -0.4 is 4.74 Å². The third-order valence-electron chi connectivity index (χ3n) is 5.02. The lowest BCUT2D eigenvalue weighted by molar-refractivity contribution is -0.137. The molecule has 0 N–H and O–H groups in total. The molecule has 166 valence electrons. The summed E-state index contributed by atoms with van der Waals surface area (Å²) in [5, 5.41) is 9.18. The molecular formula is C20H19BrF3N3O3S. The highest BCUT2D eigenvalue weighted by Crippen LogP contribution is 2.34. The van der Waals surface area contributed by atoms with E-state index in [4.69, 9.17) is 4.74 Å². The van der Waals surface area contributed by atoms with Gasteiger partial charge in [-0.15, -0.1) is 0 Å². The minimum Gasteiger partial charge on any atom is -0.495 e. The van der Waals surface area contributed by atoms with E-state index < -0.39 is 27.8 Å². The minimum atomic E-state index is -4.54. The Labute approximate surface area is 187 Å². The molecule has 0 aliphatic carbocycles. The Morgan fingerprint density at radius 3 is 2.65 bits per heavy atom. The number of halogens is 4. The summed E-state index contributed by atoms with van der Waals surface area (Å²) in [6, 6.07) is 8.51. The van der Waals surface area contributed by atoms with E-state index in [0.29, 0.717) is 17.4 Å². The van der Waals surface area contributed by atoms with Crippen LogP contribution in [-0.2, 0) is 22.7 Å². The Hall–Kier alpha value is -2.29. The standard InChI is InChI=1S/C20H19BrF3N3O3S/c1-30-18-6-5-16(21)10-19(18)31(28,29)27(17-7-8-26(12-17)13-25)11-14-3-2-4-15(9-14)20(22,23)24/h2-6,9-10,17H,7-8,11-12H2,1H3. The zero-order valence-corrected chi connectivity index (χ0v) is 18.8. The molecule has 3 rings (SSSR count). The monoisotopic (exact) mass is 517 g/mol. The van der Waals surface area contributed by atoms with Crippen molar-refractivity contribution >= 4 is 26.0 Å². The number of methoxy groups -OCH3 is 1. The van der Waals surface area contributed by atoms with Gasteiger partial charge in [0, 0.05) is 30.1 Å². The molecule has 11 heteroatoms. The van der Waals surface area contributed by atoms with Crippen molar-refractivity contribution in [2.75, 3.05) is 20.2 Å². The number of hydrogen-bond acceptors (Lipinski definition) is 5. The number of nitriles is 1. The van der Waals surface area contributed by atoms with Crippen molar-refractivity contribution in [3.63, 3.8) is 0 Å². The third kappa shape index (κ3) is 5.14.